The van der Waals surface area contributed by atoms with E-state index in [9.17, 15) is 14.9 Å². The fourth-order valence-electron chi connectivity index (χ4n) is 1.20. The lowest BCUT2D eigenvalue weighted by molar-refractivity contribution is -0.401. The molecule has 0 aliphatic rings. The van der Waals surface area contributed by atoms with Crippen LogP contribution in [0.2, 0.25) is 0 Å². The highest BCUT2D eigenvalue weighted by molar-refractivity contribution is 5.77. The van der Waals surface area contributed by atoms with E-state index in [1.807, 2.05) is 0 Å². The van der Waals surface area contributed by atoms with Crippen LogP contribution in [-0.2, 0) is 0 Å². The van der Waals surface area contributed by atoms with Crippen molar-refractivity contribution in [2.75, 3.05) is 0 Å². The van der Waals surface area contributed by atoms with Crippen LogP contribution in [0.4, 0.5) is 5.88 Å². The molecule has 8 heteroatoms. The zero-order valence-corrected chi connectivity index (χ0v) is 8.86. The third-order valence-electron chi connectivity index (χ3n) is 2.04. The van der Waals surface area contributed by atoms with Crippen molar-refractivity contribution in [3.8, 4) is 11.6 Å². The van der Waals surface area contributed by atoms with Crippen LogP contribution in [0.15, 0.2) is 22.9 Å². The molecular weight excluding hydrogens is 228 g/mol. The summed E-state index contributed by atoms with van der Waals surface area (Å²) in [4.78, 5) is 24.9. The van der Waals surface area contributed by atoms with E-state index in [-0.39, 0.29) is 17.5 Å². The van der Waals surface area contributed by atoms with Crippen molar-refractivity contribution in [1.82, 2.24) is 14.8 Å². The summed E-state index contributed by atoms with van der Waals surface area (Å²) in [5, 5.41) is 14.3. The van der Waals surface area contributed by atoms with Crippen molar-refractivity contribution in [2.45, 2.75) is 13.3 Å². The van der Waals surface area contributed by atoms with Crippen molar-refractivity contribution in [1.29, 1.82) is 0 Å². The lowest BCUT2D eigenvalue weighted by Gasteiger charge is -1.92. The summed E-state index contributed by atoms with van der Waals surface area (Å²) in [6, 6.07) is 2.59. The van der Waals surface area contributed by atoms with E-state index in [2.05, 4.69) is 10.1 Å². The topological polar surface area (TPSA) is 104 Å². The van der Waals surface area contributed by atoms with Crippen molar-refractivity contribution in [3.63, 3.8) is 0 Å². The van der Waals surface area contributed by atoms with Gasteiger partial charge in [0.25, 0.3) is 0 Å². The van der Waals surface area contributed by atoms with Gasteiger partial charge in [-0.1, -0.05) is 6.92 Å². The van der Waals surface area contributed by atoms with Gasteiger partial charge in [0.15, 0.2) is 5.76 Å². The maximum Gasteiger partial charge on any atom is 0.433 e. The molecule has 0 atom stereocenters. The fourth-order valence-corrected chi connectivity index (χ4v) is 1.20. The molecule has 2 rings (SSSR count). The highest BCUT2D eigenvalue weighted by Crippen LogP contribution is 2.22. The van der Waals surface area contributed by atoms with Crippen LogP contribution in [0, 0.1) is 10.1 Å². The van der Waals surface area contributed by atoms with Gasteiger partial charge < -0.3 is 4.42 Å². The fraction of sp³-hybridized carbons (Fsp3) is 0.222. The summed E-state index contributed by atoms with van der Waals surface area (Å²) in [5.41, 5.74) is 0. The second-order valence-electron chi connectivity index (χ2n) is 3.16. The normalized spacial score (nSPS) is 10.4. The quantitative estimate of drug-likeness (QED) is 0.590. The van der Waals surface area contributed by atoms with E-state index in [1.54, 1.807) is 6.92 Å². The summed E-state index contributed by atoms with van der Waals surface area (Å²) in [6.45, 7) is 1.70. The van der Waals surface area contributed by atoms with E-state index in [4.69, 9.17) is 4.42 Å². The Morgan fingerprint density at radius 1 is 1.59 bits per heavy atom. The largest absolute Gasteiger partial charge is 0.433 e. The smallest absolute Gasteiger partial charge is 0.397 e. The van der Waals surface area contributed by atoms with Crippen LogP contribution in [-0.4, -0.2) is 25.6 Å². The number of hydrogen-bond acceptors (Lipinski definition) is 6. The van der Waals surface area contributed by atoms with Gasteiger partial charge in [-0.05, 0) is 6.07 Å². The number of rotatable bonds is 3. The van der Waals surface area contributed by atoms with Gasteiger partial charge in [-0.25, -0.2) is 4.98 Å². The Hall–Kier alpha value is -2.51. The minimum atomic E-state index is -0.655. The Kier molecular flexibility index (Phi) is 2.69. The van der Waals surface area contributed by atoms with Crippen LogP contribution in [0.1, 0.15) is 18.1 Å². The molecule has 0 amide bonds. The van der Waals surface area contributed by atoms with Crippen molar-refractivity contribution >= 4 is 11.8 Å². The Bertz CT molecular complexity index is 571. The first-order chi connectivity index (χ1) is 8.11. The standard InChI is InChI=1S/C9H8N4O4/c1-2-7(14)12-5-10-9(11-12)6-3-4-8(17-6)13(15)16/h3-5H,2H2,1H3. The molecule has 0 fully saturated rings. The summed E-state index contributed by atoms with van der Waals surface area (Å²) in [6.07, 6.45) is 1.54. The Morgan fingerprint density at radius 2 is 2.35 bits per heavy atom. The van der Waals surface area contributed by atoms with Gasteiger partial charge in [-0.3, -0.25) is 14.9 Å². The van der Waals surface area contributed by atoms with Crippen LogP contribution < -0.4 is 0 Å². The molecule has 0 aliphatic carbocycles. The van der Waals surface area contributed by atoms with E-state index in [0.717, 1.165) is 4.68 Å². The molecule has 2 heterocycles. The maximum atomic E-state index is 11.3. The molecule has 2 aromatic heterocycles. The molecular formula is C9H8N4O4. The van der Waals surface area contributed by atoms with Gasteiger partial charge in [0.05, 0.1) is 6.07 Å². The van der Waals surface area contributed by atoms with Crippen molar-refractivity contribution in [2.24, 2.45) is 0 Å². The second-order valence-corrected chi connectivity index (χ2v) is 3.16. The predicted molar refractivity (Wildman–Crippen MR) is 55.3 cm³/mol. The van der Waals surface area contributed by atoms with E-state index in [0.29, 0.717) is 6.42 Å². The van der Waals surface area contributed by atoms with Gasteiger partial charge in [0.1, 0.15) is 11.3 Å². The zero-order valence-electron chi connectivity index (χ0n) is 8.86. The lowest BCUT2D eigenvalue weighted by atomic mass is 10.4. The minimum Gasteiger partial charge on any atom is -0.397 e. The lowest BCUT2D eigenvalue weighted by Crippen LogP contribution is -2.09. The molecule has 8 nitrogen and oxygen atoms in total. The zero-order chi connectivity index (χ0) is 12.4. The number of carbonyl (C=O) groups is 1. The minimum absolute atomic E-state index is 0.139. The highest BCUT2D eigenvalue weighted by atomic mass is 16.6. The van der Waals surface area contributed by atoms with Gasteiger partial charge in [-0.2, -0.15) is 4.68 Å². The monoisotopic (exact) mass is 236 g/mol. The van der Waals surface area contributed by atoms with Crippen LogP contribution >= 0.6 is 0 Å². The van der Waals surface area contributed by atoms with Crippen LogP contribution in [0.25, 0.3) is 11.6 Å². The highest BCUT2D eigenvalue weighted by Gasteiger charge is 2.16. The molecule has 0 aromatic carbocycles. The molecule has 0 saturated heterocycles. The van der Waals surface area contributed by atoms with Gasteiger partial charge in [0.2, 0.25) is 11.7 Å². The first kappa shape index (κ1) is 11.0. The summed E-state index contributed by atoms with van der Waals surface area (Å²) >= 11 is 0. The van der Waals surface area contributed by atoms with E-state index >= 15 is 0 Å². The molecule has 2 aromatic rings. The SMILES string of the molecule is CCC(=O)n1cnc(-c2ccc([N+](=O)[O-])o2)n1. The number of nitro groups is 1. The second kappa shape index (κ2) is 4.16. The van der Waals surface area contributed by atoms with Crippen LogP contribution in [0.5, 0.6) is 0 Å². The molecule has 0 spiro atoms. The number of nitrogens with zero attached hydrogens (tertiary/aromatic N) is 4. The molecule has 0 bridgehead atoms. The third-order valence-corrected chi connectivity index (χ3v) is 2.04. The average Bonchev–Trinajstić information content (AvgIpc) is 2.95. The first-order valence-corrected chi connectivity index (χ1v) is 4.81. The van der Waals surface area contributed by atoms with Crippen LogP contribution in [0.3, 0.4) is 0 Å². The van der Waals surface area contributed by atoms with E-state index < -0.39 is 10.8 Å². The van der Waals surface area contributed by atoms with E-state index in [1.165, 1.54) is 18.5 Å². The number of hydrogen-bond donors (Lipinski definition) is 0. The number of aromatic nitrogens is 3. The molecule has 88 valence electrons. The first-order valence-electron chi connectivity index (χ1n) is 4.81. The Balaban J connectivity index is 2.30. The summed E-state index contributed by atoms with van der Waals surface area (Å²) in [5.74, 6) is -0.317. The molecule has 0 N–H and O–H groups in total. The third kappa shape index (κ3) is 2.05. The Morgan fingerprint density at radius 3 is 2.94 bits per heavy atom. The van der Waals surface area contributed by atoms with Gasteiger partial charge in [0, 0.05) is 6.42 Å². The number of carbonyl (C=O) groups excluding carboxylic acids is 1. The molecule has 0 aliphatic heterocycles. The van der Waals surface area contributed by atoms with Crippen molar-refractivity contribution in [3.05, 3.63) is 28.6 Å². The summed E-state index contributed by atoms with van der Waals surface area (Å²) in [7, 11) is 0. The molecule has 0 unspecified atom stereocenters. The number of furan rings is 1. The molecule has 0 saturated carbocycles. The molecule has 0 radical (unpaired) electrons. The molecule has 17 heavy (non-hydrogen) atoms. The predicted octanol–water partition coefficient (Wildman–Crippen LogP) is 1.50. The average molecular weight is 236 g/mol. The van der Waals surface area contributed by atoms with Crippen molar-refractivity contribution < 1.29 is 14.1 Å². The maximum absolute atomic E-state index is 11.3. The van der Waals surface area contributed by atoms with Gasteiger partial charge in [-0.15, -0.1) is 5.10 Å². The van der Waals surface area contributed by atoms with Gasteiger partial charge >= 0.3 is 5.88 Å². The summed E-state index contributed by atoms with van der Waals surface area (Å²) < 4.78 is 5.98. The Labute approximate surface area is 95.0 Å².